The van der Waals surface area contributed by atoms with Gasteiger partial charge in [-0.15, -0.1) is 0 Å². The topological polar surface area (TPSA) is 56.1 Å². The lowest BCUT2D eigenvalue weighted by molar-refractivity contribution is 0.207. The number of nitriles is 1. The lowest BCUT2D eigenvalue weighted by Gasteiger charge is -2.25. The largest absolute Gasteiger partial charge is 0.322 e. The molecule has 3 rings (SSSR count). The number of anilines is 1. The van der Waals surface area contributed by atoms with E-state index in [-0.39, 0.29) is 17.6 Å². The molecule has 2 aromatic carbocycles. The van der Waals surface area contributed by atoms with Crippen molar-refractivity contribution in [1.82, 2.24) is 4.90 Å². The number of carbonyl (C=O) groups excluding carboxylic acids is 1. The molecule has 0 saturated carbocycles. The molecule has 116 valence electrons. The zero-order chi connectivity index (χ0) is 16.2. The fourth-order valence-electron chi connectivity index (χ4n) is 2.94. The number of urea groups is 1. The second kappa shape index (κ2) is 6.49. The molecular formula is C18H16FN3O. The van der Waals surface area contributed by atoms with Crippen LogP contribution in [0.4, 0.5) is 14.9 Å². The summed E-state index contributed by atoms with van der Waals surface area (Å²) in [7, 11) is 0. The van der Waals surface area contributed by atoms with E-state index >= 15 is 0 Å². The fraction of sp³-hybridized carbons (Fsp3) is 0.222. The van der Waals surface area contributed by atoms with Crippen molar-refractivity contribution in [3.05, 3.63) is 65.5 Å². The molecule has 1 aliphatic heterocycles. The standard InChI is InChI=1S/C18H16FN3O/c19-15-8-9-16(14(11-15)12-20)21-18(23)22-10-4-7-17(22)13-5-2-1-3-6-13/h1-3,5-6,8-9,11,17H,4,7,10H2,(H,21,23). The smallest absolute Gasteiger partial charge is 0.317 e. The Morgan fingerprint density at radius 1 is 1.26 bits per heavy atom. The van der Waals surface area contributed by atoms with Gasteiger partial charge in [0.15, 0.2) is 0 Å². The Morgan fingerprint density at radius 3 is 2.78 bits per heavy atom. The average molecular weight is 309 g/mol. The van der Waals surface area contributed by atoms with Crippen molar-refractivity contribution in [3.63, 3.8) is 0 Å². The minimum absolute atomic E-state index is 0.0298. The molecule has 5 heteroatoms. The molecule has 0 spiro atoms. The van der Waals surface area contributed by atoms with Gasteiger partial charge < -0.3 is 10.2 Å². The van der Waals surface area contributed by atoms with Crippen molar-refractivity contribution < 1.29 is 9.18 Å². The summed E-state index contributed by atoms with van der Waals surface area (Å²) >= 11 is 0. The second-order valence-corrected chi connectivity index (χ2v) is 5.49. The van der Waals surface area contributed by atoms with Crippen LogP contribution in [-0.2, 0) is 0 Å². The van der Waals surface area contributed by atoms with Gasteiger partial charge in [0.25, 0.3) is 0 Å². The Kier molecular flexibility index (Phi) is 4.24. The first-order chi connectivity index (χ1) is 11.2. The van der Waals surface area contributed by atoms with Crippen LogP contribution in [0.25, 0.3) is 0 Å². The predicted octanol–water partition coefficient (Wildman–Crippen LogP) is 4.07. The molecule has 1 fully saturated rings. The number of likely N-dealkylation sites (tertiary alicyclic amines) is 1. The molecule has 1 saturated heterocycles. The van der Waals surface area contributed by atoms with Crippen LogP contribution in [0.3, 0.4) is 0 Å². The maximum Gasteiger partial charge on any atom is 0.322 e. The number of amides is 2. The highest BCUT2D eigenvalue weighted by atomic mass is 19.1. The molecule has 1 N–H and O–H groups in total. The Labute approximate surface area is 134 Å². The van der Waals surface area contributed by atoms with Gasteiger partial charge in [0.2, 0.25) is 0 Å². The lowest BCUT2D eigenvalue weighted by Crippen LogP contribution is -2.34. The third-order valence-electron chi connectivity index (χ3n) is 4.04. The van der Waals surface area contributed by atoms with Crippen molar-refractivity contribution in [3.8, 4) is 6.07 Å². The summed E-state index contributed by atoms with van der Waals surface area (Å²) in [6.45, 7) is 0.661. The van der Waals surface area contributed by atoms with Crippen LogP contribution in [0.15, 0.2) is 48.5 Å². The van der Waals surface area contributed by atoms with E-state index < -0.39 is 5.82 Å². The van der Waals surface area contributed by atoms with Gasteiger partial charge in [-0.05, 0) is 36.6 Å². The van der Waals surface area contributed by atoms with Gasteiger partial charge in [-0.1, -0.05) is 30.3 Å². The van der Waals surface area contributed by atoms with E-state index in [0.717, 1.165) is 24.5 Å². The van der Waals surface area contributed by atoms with Gasteiger partial charge in [0.1, 0.15) is 11.9 Å². The van der Waals surface area contributed by atoms with Crippen molar-refractivity contribution in [2.75, 3.05) is 11.9 Å². The number of nitrogens with one attached hydrogen (secondary N) is 1. The third kappa shape index (κ3) is 3.16. The number of hydrogen-bond donors (Lipinski definition) is 1. The molecule has 1 unspecified atom stereocenters. The molecule has 1 atom stereocenters. The van der Waals surface area contributed by atoms with Gasteiger partial charge in [0, 0.05) is 6.54 Å². The van der Waals surface area contributed by atoms with E-state index in [2.05, 4.69) is 5.32 Å². The summed E-state index contributed by atoms with van der Waals surface area (Å²) in [6, 6.07) is 15.3. The Balaban J connectivity index is 1.79. The highest BCUT2D eigenvalue weighted by molar-refractivity contribution is 5.91. The number of hydrogen-bond acceptors (Lipinski definition) is 2. The Hall–Kier alpha value is -2.87. The quantitative estimate of drug-likeness (QED) is 0.909. The Bertz CT molecular complexity index is 755. The predicted molar refractivity (Wildman–Crippen MR) is 85.3 cm³/mol. The molecule has 0 bridgehead atoms. The molecule has 0 aliphatic carbocycles. The number of carbonyl (C=O) groups is 1. The minimum atomic E-state index is -0.497. The maximum atomic E-state index is 13.2. The monoisotopic (exact) mass is 309 g/mol. The summed E-state index contributed by atoms with van der Waals surface area (Å²) in [5.41, 5.74) is 1.55. The van der Waals surface area contributed by atoms with Crippen molar-refractivity contribution in [1.29, 1.82) is 5.26 Å². The highest BCUT2D eigenvalue weighted by Gasteiger charge is 2.30. The van der Waals surface area contributed by atoms with Crippen LogP contribution in [0.1, 0.15) is 30.0 Å². The van der Waals surface area contributed by atoms with Crippen LogP contribution in [-0.4, -0.2) is 17.5 Å². The summed E-state index contributed by atoms with van der Waals surface area (Å²) < 4.78 is 13.2. The van der Waals surface area contributed by atoms with Crippen molar-refractivity contribution in [2.24, 2.45) is 0 Å². The lowest BCUT2D eigenvalue weighted by atomic mass is 10.1. The van der Waals surface area contributed by atoms with Crippen molar-refractivity contribution in [2.45, 2.75) is 18.9 Å². The number of nitrogens with zero attached hydrogens (tertiary/aromatic N) is 2. The van der Waals surface area contributed by atoms with E-state index in [1.54, 1.807) is 4.90 Å². The summed E-state index contributed by atoms with van der Waals surface area (Å²) in [4.78, 5) is 14.3. The van der Waals surface area contributed by atoms with Crippen LogP contribution in [0.5, 0.6) is 0 Å². The Morgan fingerprint density at radius 2 is 2.04 bits per heavy atom. The molecule has 0 radical (unpaired) electrons. The maximum absolute atomic E-state index is 13.2. The molecule has 4 nitrogen and oxygen atoms in total. The highest BCUT2D eigenvalue weighted by Crippen LogP contribution is 2.32. The van der Waals surface area contributed by atoms with Gasteiger partial charge >= 0.3 is 6.03 Å². The number of halogens is 1. The minimum Gasteiger partial charge on any atom is -0.317 e. The van der Waals surface area contributed by atoms with Crippen LogP contribution in [0, 0.1) is 17.1 Å². The summed E-state index contributed by atoms with van der Waals surface area (Å²) in [5.74, 6) is -0.497. The molecule has 1 aliphatic rings. The fourth-order valence-corrected chi connectivity index (χ4v) is 2.94. The zero-order valence-corrected chi connectivity index (χ0v) is 12.5. The SMILES string of the molecule is N#Cc1cc(F)ccc1NC(=O)N1CCCC1c1ccccc1. The second-order valence-electron chi connectivity index (χ2n) is 5.49. The van der Waals surface area contributed by atoms with Crippen LogP contribution in [0.2, 0.25) is 0 Å². The van der Waals surface area contributed by atoms with E-state index in [1.807, 2.05) is 36.4 Å². The van der Waals surface area contributed by atoms with Crippen LogP contribution < -0.4 is 5.32 Å². The molecule has 23 heavy (non-hydrogen) atoms. The first kappa shape index (κ1) is 15.0. The van der Waals surface area contributed by atoms with Gasteiger partial charge in [0.05, 0.1) is 17.3 Å². The number of benzene rings is 2. The average Bonchev–Trinajstić information content (AvgIpc) is 3.07. The van der Waals surface area contributed by atoms with Crippen molar-refractivity contribution >= 4 is 11.7 Å². The molecule has 0 aromatic heterocycles. The van der Waals surface area contributed by atoms with E-state index in [1.165, 1.54) is 12.1 Å². The molecule has 2 aromatic rings. The first-order valence-corrected chi connectivity index (χ1v) is 7.51. The third-order valence-corrected chi connectivity index (χ3v) is 4.04. The van der Waals surface area contributed by atoms with Crippen LogP contribution >= 0.6 is 0 Å². The number of rotatable bonds is 2. The molecule has 2 amide bonds. The first-order valence-electron chi connectivity index (χ1n) is 7.51. The normalized spacial score (nSPS) is 16.9. The van der Waals surface area contributed by atoms with E-state index in [0.29, 0.717) is 12.2 Å². The zero-order valence-electron chi connectivity index (χ0n) is 12.5. The van der Waals surface area contributed by atoms with E-state index in [9.17, 15) is 9.18 Å². The van der Waals surface area contributed by atoms with Gasteiger partial charge in [-0.25, -0.2) is 9.18 Å². The van der Waals surface area contributed by atoms with E-state index in [4.69, 9.17) is 5.26 Å². The van der Waals surface area contributed by atoms with Gasteiger partial charge in [-0.3, -0.25) is 0 Å². The molecule has 1 heterocycles. The summed E-state index contributed by atoms with van der Waals surface area (Å²) in [6.07, 6.45) is 1.84. The van der Waals surface area contributed by atoms with Gasteiger partial charge in [-0.2, -0.15) is 5.26 Å². The summed E-state index contributed by atoms with van der Waals surface area (Å²) in [5, 5.41) is 11.8. The molecular weight excluding hydrogens is 293 g/mol.